The van der Waals surface area contributed by atoms with Gasteiger partial charge in [0.15, 0.2) is 0 Å². The Morgan fingerprint density at radius 3 is 1.38 bits per heavy atom. The van der Waals surface area contributed by atoms with E-state index in [9.17, 15) is 0 Å². The van der Waals surface area contributed by atoms with Crippen molar-refractivity contribution in [2.45, 2.75) is 27.2 Å². The largest absolute Gasteiger partial charge is 2.00 e. The van der Waals surface area contributed by atoms with Crippen LogP contribution in [0.1, 0.15) is 27.2 Å². The van der Waals surface area contributed by atoms with Crippen LogP contribution in [0.25, 0.3) is 0 Å². The van der Waals surface area contributed by atoms with Crippen molar-refractivity contribution >= 4 is 35.5 Å². The van der Waals surface area contributed by atoms with E-state index in [1.54, 1.807) is 0 Å². The molecule has 0 heterocycles. The molecule has 0 unspecified atom stereocenters. The first-order valence-electron chi connectivity index (χ1n) is 2.36. The van der Waals surface area contributed by atoms with Crippen LogP contribution in [0, 0.1) is 13.3 Å². The molecule has 48 valence electrons. The van der Waals surface area contributed by atoms with Crippen LogP contribution in [0.5, 0.6) is 0 Å². The van der Waals surface area contributed by atoms with E-state index in [-0.39, 0.29) is 35.5 Å². The number of halogens is 1. The van der Waals surface area contributed by atoms with E-state index in [2.05, 4.69) is 6.92 Å². The molecule has 0 saturated carbocycles. The molecule has 0 atom stereocenters. The molecule has 0 aromatic heterocycles. The SMILES string of the molecule is C[CH-]C.Cl.[CH2-]CC.[Mg+2]. The Kier molecular flexibility index (Phi) is 123. The average molecular weight is 147 g/mol. The third-order valence-electron chi connectivity index (χ3n) is 0. The molecule has 0 aliphatic heterocycles. The smallest absolute Gasteiger partial charge is 0.344 e. The van der Waals surface area contributed by atoms with Crippen LogP contribution in [-0.4, -0.2) is 23.1 Å². The van der Waals surface area contributed by atoms with E-state index < -0.39 is 0 Å². The maximum Gasteiger partial charge on any atom is 2.00 e. The third-order valence-corrected chi connectivity index (χ3v) is 0. The molecule has 2 heteroatoms. The standard InChI is InChI=1S/2C3H7.ClH.Mg/c2*1-3-2;;/h3H,1-2H3;1,3H2,2H3;1H;/q2*-1;;+2. The first kappa shape index (κ1) is 23.0. The maximum atomic E-state index is 3.49. The van der Waals surface area contributed by atoms with Crippen LogP contribution < -0.4 is 0 Å². The summed E-state index contributed by atoms with van der Waals surface area (Å²) < 4.78 is 0. The molecular weight excluding hydrogens is 132 g/mol. The van der Waals surface area contributed by atoms with Gasteiger partial charge in [-0.1, -0.05) is 6.92 Å². The Bertz CT molecular complexity index is 10.5. The average Bonchev–Trinajstić information content (AvgIpc) is 1.39. The van der Waals surface area contributed by atoms with E-state index in [1.165, 1.54) is 0 Å². The second-order valence-corrected chi connectivity index (χ2v) is 1.08. The fraction of sp³-hybridized carbons (Fsp3) is 0.667. The first-order chi connectivity index (χ1) is 2.83. The van der Waals surface area contributed by atoms with Crippen molar-refractivity contribution in [3.05, 3.63) is 13.3 Å². The van der Waals surface area contributed by atoms with E-state index >= 15 is 0 Å². The second-order valence-electron chi connectivity index (χ2n) is 1.08. The monoisotopic (exact) mass is 146 g/mol. The molecule has 0 radical (unpaired) electrons. The van der Waals surface area contributed by atoms with Gasteiger partial charge in [0.2, 0.25) is 0 Å². The topological polar surface area (TPSA) is 0 Å². The predicted octanol–water partition coefficient (Wildman–Crippen LogP) is 2.50. The molecule has 0 bridgehead atoms. The Hall–Kier alpha value is 1.06. The van der Waals surface area contributed by atoms with Gasteiger partial charge < -0.3 is 13.3 Å². The molecule has 0 amide bonds. The molecule has 0 fully saturated rings. The minimum absolute atomic E-state index is 0. The second kappa shape index (κ2) is 42.9. The Morgan fingerprint density at radius 2 is 1.38 bits per heavy atom. The van der Waals surface area contributed by atoms with Crippen LogP contribution in [0.3, 0.4) is 0 Å². The minimum Gasteiger partial charge on any atom is -0.344 e. The quantitative estimate of drug-likeness (QED) is 0.364. The van der Waals surface area contributed by atoms with Crippen molar-refractivity contribution in [3.63, 3.8) is 0 Å². The molecular formula is C6H15ClMg. The number of rotatable bonds is 0. The Morgan fingerprint density at radius 1 is 1.38 bits per heavy atom. The summed E-state index contributed by atoms with van der Waals surface area (Å²) >= 11 is 0. The first-order valence-corrected chi connectivity index (χ1v) is 2.36. The number of hydrogen-bond acceptors (Lipinski definition) is 0. The van der Waals surface area contributed by atoms with Crippen molar-refractivity contribution in [2.24, 2.45) is 0 Å². The summed E-state index contributed by atoms with van der Waals surface area (Å²) in [5, 5.41) is 0. The van der Waals surface area contributed by atoms with Crippen LogP contribution in [0.15, 0.2) is 0 Å². The van der Waals surface area contributed by atoms with Crippen LogP contribution in [0.2, 0.25) is 0 Å². The molecule has 0 aromatic carbocycles. The zero-order valence-electron chi connectivity index (χ0n) is 6.11. The number of hydrogen-bond donors (Lipinski definition) is 0. The van der Waals surface area contributed by atoms with Gasteiger partial charge in [-0.2, -0.15) is 20.3 Å². The van der Waals surface area contributed by atoms with E-state index in [1.807, 2.05) is 27.2 Å². The molecule has 8 heavy (non-hydrogen) atoms. The van der Waals surface area contributed by atoms with Crippen LogP contribution >= 0.6 is 12.4 Å². The molecule has 0 spiro atoms. The predicted molar refractivity (Wildman–Crippen MR) is 44.3 cm³/mol. The van der Waals surface area contributed by atoms with E-state index in [0.29, 0.717) is 0 Å². The fourth-order valence-corrected chi connectivity index (χ4v) is 0. The molecule has 0 nitrogen and oxygen atoms in total. The van der Waals surface area contributed by atoms with Gasteiger partial charge in [-0.25, -0.2) is 0 Å². The van der Waals surface area contributed by atoms with Gasteiger partial charge in [0.25, 0.3) is 0 Å². The van der Waals surface area contributed by atoms with Crippen molar-refractivity contribution in [1.29, 1.82) is 0 Å². The summed E-state index contributed by atoms with van der Waals surface area (Å²) in [7, 11) is 0. The Labute approximate surface area is 76.0 Å². The van der Waals surface area contributed by atoms with Crippen LogP contribution in [0.4, 0.5) is 0 Å². The zero-order chi connectivity index (χ0) is 5.41. The van der Waals surface area contributed by atoms with E-state index in [0.717, 1.165) is 6.42 Å². The van der Waals surface area contributed by atoms with Crippen molar-refractivity contribution in [3.8, 4) is 0 Å². The van der Waals surface area contributed by atoms with Gasteiger partial charge in [-0.15, -0.1) is 12.4 Å². The third kappa shape index (κ3) is 232. The maximum absolute atomic E-state index is 3.49. The summed E-state index contributed by atoms with van der Waals surface area (Å²) in [5.74, 6) is 0. The summed E-state index contributed by atoms with van der Waals surface area (Å²) in [6.45, 7) is 9.50. The van der Waals surface area contributed by atoms with Gasteiger partial charge in [-0.05, 0) is 0 Å². The fourth-order valence-electron chi connectivity index (χ4n) is 0. The molecule has 0 rings (SSSR count). The molecule has 0 aliphatic carbocycles. The molecule has 0 N–H and O–H groups in total. The van der Waals surface area contributed by atoms with Gasteiger partial charge in [-0.3, -0.25) is 0 Å². The normalized spacial score (nSPS) is 4.50. The summed E-state index contributed by atoms with van der Waals surface area (Å²) in [6, 6.07) is 0. The van der Waals surface area contributed by atoms with Gasteiger partial charge >= 0.3 is 23.1 Å². The van der Waals surface area contributed by atoms with E-state index in [4.69, 9.17) is 0 Å². The van der Waals surface area contributed by atoms with Crippen molar-refractivity contribution in [1.82, 2.24) is 0 Å². The summed E-state index contributed by atoms with van der Waals surface area (Å²) in [6.07, 6.45) is 3.00. The van der Waals surface area contributed by atoms with Gasteiger partial charge in [0.1, 0.15) is 0 Å². The molecule has 0 aliphatic rings. The Balaban J connectivity index is -0.0000000160. The summed E-state index contributed by atoms with van der Waals surface area (Å²) in [4.78, 5) is 0. The zero-order valence-corrected chi connectivity index (χ0v) is 8.34. The minimum atomic E-state index is 0. The van der Waals surface area contributed by atoms with Crippen LogP contribution in [-0.2, 0) is 0 Å². The van der Waals surface area contributed by atoms with Crippen molar-refractivity contribution < 1.29 is 0 Å². The molecule has 0 aromatic rings. The van der Waals surface area contributed by atoms with Gasteiger partial charge in [0, 0.05) is 0 Å². The van der Waals surface area contributed by atoms with Crippen molar-refractivity contribution in [2.75, 3.05) is 0 Å². The summed E-state index contributed by atoms with van der Waals surface area (Å²) in [5.41, 5.74) is 0. The molecule has 0 saturated heterocycles. The van der Waals surface area contributed by atoms with Gasteiger partial charge in [0.05, 0.1) is 0 Å².